The Balaban J connectivity index is 1.66. The van der Waals surface area contributed by atoms with Gasteiger partial charge in [-0.3, -0.25) is 4.79 Å². The van der Waals surface area contributed by atoms with Crippen molar-refractivity contribution < 1.29 is 14.1 Å². The predicted octanol–water partition coefficient (Wildman–Crippen LogP) is 3.28. The summed E-state index contributed by atoms with van der Waals surface area (Å²) in [4.78, 5) is 12.0. The van der Waals surface area contributed by atoms with E-state index in [2.05, 4.69) is 10.5 Å². The summed E-state index contributed by atoms with van der Waals surface area (Å²) in [5, 5.41) is 6.80. The Morgan fingerprint density at radius 3 is 2.74 bits per heavy atom. The van der Waals surface area contributed by atoms with E-state index in [4.69, 9.17) is 9.26 Å². The molecule has 3 rings (SSSR count). The Bertz CT molecular complexity index is 797. The van der Waals surface area contributed by atoms with Crippen LogP contribution in [-0.4, -0.2) is 18.2 Å². The maximum Gasteiger partial charge on any atom is 0.251 e. The fourth-order valence-corrected chi connectivity index (χ4v) is 2.17. The van der Waals surface area contributed by atoms with Gasteiger partial charge >= 0.3 is 0 Å². The van der Waals surface area contributed by atoms with Crippen LogP contribution in [0.2, 0.25) is 0 Å². The van der Waals surface area contributed by atoms with Crippen LogP contribution in [0.3, 0.4) is 0 Å². The topological polar surface area (TPSA) is 64.4 Å². The molecule has 5 nitrogen and oxygen atoms in total. The average molecular weight is 308 g/mol. The van der Waals surface area contributed by atoms with Gasteiger partial charge in [-0.05, 0) is 24.3 Å². The molecule has 3 aromatic rings. The number of hydrogen-bond acceptors (Lipinski definition) is 4. The highest BCUT2D eigenvalue weighted by atomic mass is 16.5. The van der Waals surface area contributed by atoms with Gasteiger partial charge in [-0.1, -0.05) is 35.5 Å². The van der Waals surface area contributed by atoms with Gasteiger partial charge in [0.1, 0.15) is 11.4 Å². The van der Waals surface area contributed by atoms with Gasteiger partial charge in [-0.15, -0.1) is 0 Å². The highest BCUT2D eigenvalue weighted by Crippen LogP contribution is 2.24. The summed E-state index contributed by atoms with van der Waals surface area (Å²) in [6.07, 6.45) is 0. The summed E-state index contributed by atoms with van der Waals surface area (Å²) in [7, 11) is 1.62. The van der Waals surface area contributed by atoms with Crippen LogP contribution in [0.4, 0.5) is 0 Å². The molecule has 0 aliphatic rings. The van der Waals surface area contributed by atoms with Crippen molar-refractivity contribution in [3.8, 4) is 17.1 Å². The minimum absolute atomic E-state index is 0.142. The summed E-state index contributed by atoms with van der Waals surface area (Å²) >= 11 is 0. The zero-order chi connectivity index (χ0) is 16.1. The summed E-state index contributed by atoms with van der Waals surface area (Å²) in [5.41, 5.74) is 2.15. The average Bonchev–Trinajstić information content (AvgIpc) is 3.09. The number of aromatic nitrogens is 1. The first kappa shape index (κ1) is 14.8. The molecule has 5 heteroatoms. The zero-order valence-electron chi connectivity index (χ0n) is 12.7. The molecule has 1 N–H and O–H groups in total. The van der Waals surface area contributed by atoms with Gasteiger partial charge in [0.05, 0.1) is 13.7 Å². The summed E-state index contributed by atoms with van der Waals surface area (Å²) in [6.45, 7) is 0.307. The summed E-state index contributed by atoms with van der Waals surface area (Å²) in [6, 6.07) is 18.4. The highest BCUT2D eigenvalue weighted by Gasteiger charge is 2.09. The SMILES string of the molecule is COc1cccc(-c2cc(CNC(=O)c3ccccc3)no2)c1. The largest absolute Gasteiger partial charge is 0.497 e. The van der Waals surface area contributed by atoms with Crippen LogP contribution in [0.25, 0.3) is 11.3 Å². The summed E-state index contributed by atoms with van der Waals surface area (Å²) in [5.74, 6) is 1.24. The van der Waals surface area contributed by atoms with Crippen LogP contribution >= 0.6 is 0 Å². The van der Waals surface area contributed by atoms with Gasteiger partial charge in [0, 0.05) is 17.2 Å². The minimum Gasteiger partial charge on any atom is -0.497 e. The van der Waals surface area contributed by atoms with Gasteiger partial charge in [-0.25, -0.2) is 0 Å². The van der Waals surface area contributed by atoms with Gasteiger partial charge in [0.2, 0.25) is 0 Å². The molecule has 0 spiro atoms. The molecule has 116 valence electrons. The Hall–Kier alpha value is -3.08. The molecule has 0 aliphatic heterocycles. The Kier molecular flexibility index (Phi) is 4.38. The van der Waals surface area contributed by atoms with Crippen LogP contribution in [0.1, 0.15) is 16.1 Å². The van der Waals surface area contributed by atoms with E-state index in [0.29, 0.717) is 23.6 Å². The van der Waals surface area contributed by atoms with Crippen molar-refractivity contribution in [3.63, 3.8) is 0 Å². The van der Waals surface area contributed by atoms with E-state index in [1.54, 1.807) is 25.3 Å². The Morgan fingerprint density at radius 1 is 1.13 bits per heavy atom. The van der Waals surface area contributed by atoms with Crippen LogP contribution in [0, 0.1) is 0 Å². The number of hydrogen-bond donors (Lipinski definition) is 1. The smallest absolute Gasteiger partial charge is 0.251 e. The van der Waals surface area contributed by atoms with Crippen LogP contribution in [-0.2, 0) is 6.54 Å². The minimum atomic E-state index is -0.142. The van der Waals surface area contributed by atoms with Crippen molar-refractivity contribution in [2.75, 3.05) is 7.11 Å². The van der Waals surface area contributed by atoms with Gasteiger partial charge in [0.15, 0.2) is 5.76 Å². The lowest BCUT2D eigenvalue weighted by atomic mass is 10.1. The second-order valence-electron chi connectivity index (χ2n) is 4.96. The molecule has 0 saturated heterocycles. The number of rotatable bonds is 5. The van der Waals surface area contributed by atoms with E-state index in [9.17, 15) is 4.79 Å². The second-order valence-corrected chi connectivity index (χ2v) is 4.96. The van der Waals surface area contributed by atoms with Gasteiger partial charge in [0.25, 0.3) is 5.91 Å². The van der Waals surface area contributed by atoms with Crippen LogP contribution in [0.5, 0.6) is 5.75 Å². The molecule has 1 amide bonds. The molecule has 0 aliphatic carbocycles. The Labute approximate surface area is 133 Å². The van der Waals surface area contributed by atoms with E-state index < -0.39 is 0 Å². The lowest BCUT2D eigenvalue weighted by Crippen LogP contribution is -2.22. The third kappa shape index (κ3) is 3.58. The molecular formula is C18H16N2O3. The second kappa shape index (κ2) is 6.79. The lowest BCUT2D eigenvalue weighted by Gasteiger charge is -2.02. The van der Waals surface area contributed by atoms with E-state index in [1.807, 2.05) is 42.5 Å². The van der Waals surface area contributed by atoms with Crippen molar-refractivity contribution in [2.24, 2.45) is 0 Å². The lowest BCUT2D eigenvalue weighted by molar-refractivity contribution is 0.0950. The number of carbonyl (C=O) groups is 1. The zero-order valence-corrected chi connectivity index (χ0v) is 12.7. The van der Waals surface area contributed by atoms with E-state index in [0.717, 1.165) is 11.3 Å². The fraction of sp³-hybridized carbons (Fsp3) is 0.111. The van der Waals surface area contributed by atoms with Crippen LogP contribution in [0.15, 0.2) is 65.2 Å². The molecule has 0 radical (unpaired) electrons. The maximum atomic E-state index is 12.0. The van der Waals surface area contributed by atoms with E-state index in [-0.39, 0.29) is 5.91 Å². The molecular weight excluding hydrogens is 292 g/mol. The standard InChI is InChI=1S/C18H16N2O3/c1-22-16-9-5-8-14(10-16)17-11-15(20-23-17)12-19-18(21)13-6-3-2-4-7-13/h2-11H,12H2,1H3,(H,19,21). The monoisotopic (exact) mass is 308 g/mol. The van der Waals surface area contributed by atoms with Gasteiger partial charge < -0.3 is 14.6 Å². The molecule has 2 aromatic carbocycles. The molecule has 0 fully saturated rings. The molecule has 1 heterocycles. The van der Waals surface area contributed by atoms with Crippen molar-refractivity contribution in [2.45, 2.75) is 6.54 Å². The first-order valence-electron chi connectivity index (χ1n) is 7.19. The number of nitrogens with zero attached hydrogens (tertiary/aromatic N) is 1. The number of ether oxygens (including phenoxy) is 1. The molecule has 0 bridgehead atoms. The van der Waals surface area contributed by atoms with E-state index in [1.165, 1.54) is 0 Å². The number of amides is 1. The van der Waals surface area contributed by atoms with Crippen molar-refractivity contribution in [3.05, 3.63) is 71.9 Å². The normalized spacial score (nSPS) is 10.3. The van der Waals surface area contributed by atoms with Crippen molar-refractivity contribution in [1.82, 2.24) is 10.5 Å². The first-order valence-corrected chi connectivity index (χ1v) is 7.19. The molecule has 23 heavy (non-hydrogen) atoms. The maximum absolute atomic E-state index is 12.0. The fourth-order valence-electron chi connectivity index (χ4n) is 2.17. The molecule has 1 aromatic heterocycles. The van der Waals surface area contributed by atoms with Crippen molar-refractivity contribution in [1.29, 1.82) is 0 Å². The van der Waals surface area contributed by atoms with Crippen LogP contribution < -0.4 is 10.1 Å². The first-order chi connectivity index (χ1) is 11.3. The molecule has 0 saturated carbocycles. The Morgan fingerprint density at radius 2 is 1.96 bits per heavy atom. The third-order valence-corrected chi connectivity index (χ3v) is 3.38. The summed E-state index contributed by atoms with van der Waals surface area (Å²) < 4.78 is 10.5. The molecule has 0 unspecified atom stereocenters. The number of carbonyl (C=O) groups excluding carboxylic acids is 1. The number of methoxy groups -OCH3 is 1. The van der Waals surface area contributed by atoms with Crippen molar-refractivity contribution >= 4 is 5.91 Å². The predicted molar refractivity (Wildman–Crippen MR) is 86.1 cm³/mol. The molecule has 0 atom stereocenters. The quantitative estimate of drug-likeness (QED) is 0.785. The van der Waals surface area contributed by atoms with E-state index >= 15 is 0 Å². The number of nitrogens with one attached hydrogen (secondary N) is 1. The third-order valence-electron chi connectivity index (χ3n) is 3.38. The van der Waals surface area contributed by atoms with Gasteiger partial charge in [-0.2, -0.15) is 0 Å². The number of benzene rings is 2. The highest BCUT2D eigenvalue weighted by molar-refractivity contribution is 5.94.